The van der Waals surface area contributed by atoms with Crippen molar-refractivity contribution in [3.63, 3.8) is 0 Å². The lowest BCUT2D eigenvalue weighted by Gasteiger charge is -2.11. The van der Waals surface area contributed by atoms with Crippen LogP contribution in [-0.4, -0.2) is 44.4 Å². The van der Waals surface area contributed by atoms with Crippen molar-refractivity contribution in [2.75, 3.05) is 33.4 Å². The standard InChI is InChI=1S/C19H28N4O2S.HI/c1-4-20-19(21-10-9-17-14-26-15(2)23-17)22-13-16-5-7-18(8-6-16)25-12-11-24-3;/h5-8,14H,4,9-13H2,1-3H3,(H2,20,21,22);1H. The van der Waals surface area contributed by atoms with Crippen LogP contribution in [0.2, 0.25) is 0 Å². The third-order valence-corrected chi connectivity index (χ3v) is 4.41. The quantitative estimate of drug-likeness (QED) is 0.225. The minimum atomic E-state index is 0. The molecular formula is C19H29IN4O2S. The molecule has 0 unspecified atom stereocenters. The van der Waals surface area contributed by atoms with Crippen LogP contribution in [0.4, 0.5) is 0 Å². The lowest BCUT2D eigenvalue weighted by atomic mass is 10.2. The number of methoxy groups -OCH3 is 1. The Morgan fingerprint density at radius 3 is 2.59 bits per heavy atom. The predicted molar refractivity (Wildman–Crippen MR) is 123 cm³/mol. The Hall–Kier alpha value is -1.39. The highest BCUT2D eigenvalue weighted by Gasteiger charge is 2.01. The topological polar surface area (TPSA) is 67.8 Å². The molecule has 0 aliphatic heterocycles. The number of hydrogen-bond donors (Lipinski definition) is 2. The van der Waals surface area contributed by atoms with Gasteiger partial charge in [0.15, 0.2) is 5.96 Å². The van der Waals surface area contributed by atoms with Crippen LogP contribution in [0.1, 0.15) is 23.2 Å². The van der Waals surface area contributed by atoms with Gasteiger partial charge >= 0.3 is 0 Å². The maximum absolute atomic E-state index is 5.57. The fraction of sp³-hybridized carbons (Fsp3) is 0.474. The van der Waals surface area contributed by atoms with Gasteiger partial charge in [-0.1, -0.05) is 12.1 Å². The highest BCUT2D eigenvalue weighted by molar-refractivity contribution is 14.0. The van der Waals surface area contributed by atoms with E-state index in [0.29, 0.717) is 19.8 Å². The summed E-state index contributed by atoms with van der Waals surface area (Å²) in [6, 6.07) is 8.00. The number of benzene rings is 1. The molecule has 0 aliphatic carbocycles. The number of ether oxygens (including phenoxy) is 2. The summed E-state index contributed by atoms with van der Waals surface area (Å²) in [5.41, 5.74) is 2.26. The Balaban J connectivity index is 0.00000364. The highest BCUT2D eigenvalue weighted by atomic mass is 127. The number of aliphatic imine (C=N–C) groups is 1. The van der Waals surface area contributed by atoms with Crippen LogP contribution in [0, 0.1) is 6.92 Å². The molecule has 1 aromatic heterocycles. The van der Waals surface area contributed by atoms with Crippen LogP contribution in [-0.2, 0) is 17.7 Å². The van der Waals surface area contributed by atoms with Crippen molar-refractivity contribution >= 4 is 41.3 Å². The van der Waals surface area contributed by atoms with Crippen LogP contribution in [0.15, 0.2) is 34.6 Å². The van der Waals surface area contributed by atoms with Gasteiger partial charge in [-0.25, -0.2) is 9.98 Å². The molecule has 0 aliphatic rings. The van der Waals surface area contributed by atoms with Crippen LogP contribution in [0.5, 0.6) is 5.75 Å². The number of aryl methyl sites for hydroxylation is 1. The fourth-order valence-corrected chi connectivity index (χ4v) is 2.93. The summed E-state index contributed by atoms with van der Waals surface area (Å²) in [4.78, 5) is 9.12. The smallest absolute Gasteiger partial charge is 0.191 e. The minimum Gasteiger partial charge on any atom is -0.491 e. The molecule has 0 saturated heterocycles. The van der Waals surface area contributed by atoms with Crippen LogP contribution in [0.25, 0.3) is 0 Å². The van der Waals surface area contributed by atoms with E-state index in [4.69, 9.17) is 9.47 Å². The zero-order valence-electron chi connectivity index (χ0n) is 16.2. The number of aromatic nitrogens is 1. The summed E-state index contributed by atoms with van der Waals surface area (Å²) in [6.45, 7) is 7.48. The second-order valence-electron chi connectivity index (χ2n) is 5.72. The average molecular weight is 504 g/mol. The molecule has 2 N–H and O–H groups in total. The Labute approximate surface area is 182 Å². The van der Waals surface area contributed by atoms with Crippen LogP contribution in [0.3, 0.4) is 0 Å². The van der Waals surface area contributed by atoms with Crippen molar-refractivity contribution in [2.45, 2.75) is 26.8 Å². The molecule has 0 radical (unpaired) electrons. The van der Waals surface area contributed by atoms with Crippen LogP contribution >= 0.6 is 35.3 Å². The minimum absolute atomic E-state index is 0. The normalized spacial score (nSPS) is 11.0. The number of rotatable bonds is 10. The Morgan fingerprint density at radius 1 is 1.19 bits per heavy atom. The molecule has 27 heavy (non-hydrogen) atoms. The van der Waals surface area contributed by atoms with Crippen molar-refractivity contribution < 1.29 is 9.47 Å². The van der Waals surface area contributed by atoms with Gasteiger partial charge in [0.2, 0.25) is 0 Å². The first-order valence-corrected chi connectivity index (χ1v) is 9.73. The van der Waals surface area contributed by atoms with Crippen molar-refractivity contribution in [1.29, 1.82) is 0 Å². The molecule has 2 aromatic rings. The number of hydrogen-bond acceptors (Lipinski definition) is 5. The molecule has 0 amide bonds. The number of thiazole rings is 1. The van der Waals surface area contributed by atoms with Gasteiger partial charge in [-0.3, -0.25) is 0 Å². The largest absolute Gasteiger partial charge is 0.491 e. The lowest BCUT2D eigenvalue weighted by molar-refractivity contribution is 0.146. The van der Waals surface area contributed by atoms with E-state index < -0.39 is 0 Å². The molecule has 0 saturated carbocycles. The maximum atomic E-state index is 5.57. The molecular weight excluding hydrogens is 475 g/mol. The van der Waals surface area contributed by atoms with Crippen molar-refractivity contribution in [3.8, 4) is 5.75 Å². The van der Waals surface area contributed by atoms with E-state index in [1.165, 1.54) is 0 Å². The first-order chi connectivity index (χ1) is 12.7. The number of nitrogens with zero attached hydrogens (tertiary/aromatic N) is 2. The van der Waals surface area contributed by atoms with Crippen molar-refractivity contribution in [2.24, 2.45) is 4.99 Å². The van der Waals surface area contributed by atoms with Gasteiger partial charge in [0, 0.05) is 32.0 Å². The van der Waals surface area contributed by atoms with E-state index in [2.05, 4.69) is 32.9 Å². The Morgan fingerprint density at radius 2 is 1.96 bits per heavy atom. The average Bonchev–Trinajstić information content (AvgIpc) is 3.06. The first kappa shape index (κ1) is 23.6. The summed E-state index contributed by atoms with van der Waals surface area (Å²) >= 11 is 1.69. The van der Waals surface area contributed by atoms with Gasteiger partial charge in [0.25, 0.3) is 0 Å². The number of guanidine groups is 1. The molecule has 6 nitrogen and oxygen atoms in total. The number of halogens is 1. The van der Waals surface area contributed by atoms with E-state index in [1.807, 2.05) is 31.2 Å². The van der Waals surface area contributed by atoms with E-state index >= 15 is 0 Å². The van der Waals surface area contributed by atoms with Crippen molar-refractivity contribution in [3.05, 3.63) is 45.9 Å². The fourth-order valence-electron chi connectivity index (χ4n) is 2.28. The molecule has 150 valence electrons. The lowest BCUT2D eigenvalue weighted by Crippen LogP contribution is -2.38. The zero-order chi connectivity index (χ0) is 18.6. The molecule has 1 heterocycles. The molecule has 0 fully saturated rings. The van der Waals surface area contributed by atoms with Gasteiger partial charge in [0.05, 0.1) is 23.9 Å². The van der Waals surface area contributed by atoms with E-state index in [1.54, 1.807) is 18.4 Å². The molecule has 2 rings (SSSR count). The monoisotopic (exact) mass is 504 g/mol. The van der Waals surface area contributed by atoms with E-state index in [9.17, 15) is 0 Å². The van der Waals surface area contributed by atoms with Gasteiger partial charge < -0.3 is 20.1 Å². The Bertz CT molecular complexity index is 677. The van der Waals surface area contributed by atoms with E-state index in [-0.39, 0.29) is 24.0 Å². The second-order valence-corrected chi connectivity index (χ2v) is 6.78. The second kappa shape index (κ2) is 13.7. The summed E-state index contributed by atoms with van der Waals surface area (Å²) in [5, 5.41) is 9.85. The van der Waals surface area contributed by atoms with E-state index in [0.717, 1.165) is 47.5 Å². The zero-order valence-corrected chi connectivity index (χ0v) is 19.3. The summed E-state index contributed by atoms with van der Waals surface area (Å²) in [7, 11) is 1.67. The third-order valence-electron chi connectivity index (χ3n) is 3.58. The Kier molecular flexibility index (Phi) is 12.0. The maximum Gasteiger partial charge on any atom is 0.191 e. The molecule has 8 heteroatoms. The molecule has 1 aromatic carbocycles. The van der Waals surface area contributed by atoms with Crippen molar-refractivity contribution in [1.82, 2.24) is 15.6 Å². The molecule has 0 bridgehead atoms. The predicted octanol–water partition coefficient (Wildman–Crippen LogP) is 3.39. The summed E-state index contributed by atoms with van der Waals surface area (Å²) in [6.07, 6.45) is 0.891. The molecule has 0 atom stereocenters. The molecule has 0 spiro atoms. The van der Waals surface area contributed by atoms with Gasteiger partial charge in [-0.2, -0.15) is 0 Å². The van der Waals surface area contributed by atoms with Gasteiger partial charge in [-0.05, 0) is 31.5 Å². The number of nitrogens with one attached hydrogen (secondary N) is 2. The van der Waals surface area contributed by atoms with Crippen LogP contribution < -0.4 is 15.4 Å². The summed E-state index contributed by atoms with van der Waals surface area (Å²) in [5.74, 6) is 1.67. The third kappa shape index (κ3) is 9.39. The highest BCUT2D eigenvalue weighted by Crippen LogP contribution is 2.13. The first-order valence-electron chi connectivity index (χ1n) is 8.85. The summed E-state index contributed by atoms with van der Waals surface area (Å²) < 4.78 is 10.5. The van der Waals surface area contributed by atoms with Gasteiger partial charge in [-0.15, -0.1) is 35.3 Å². The van der Waals surface area contributed by atoms with Gasteiger partial charge in [0.1, 0.15) is 12.4 Å². The SMILES string of the molecule is CCNC(=NCc1ccc(OCCOC)cc1)NCCc1csc(C)n1.I.